The van der Waals surface area contributed by atoms with E-state index in [4.69, 9.17) is 10.5 Å². The molecule has 0 aliphatic carbocycles. The first-order chi connectivity index (χ1) is 9.17. The summed E-state index contributed by atoms with van der Waals surface area (Å²) in [5, 5.41) is 5.56. The number of carbonyl (C=O) groups excluding carboxylic acids is 1. The van der Waals surface area contributed by atoms with Gasteiger partial charge in [-0.3, -0.25) is 9.48 Å². The maximum absolute atomic E-state index is 11.6. The van der Waals surface area contributed by atoms with Gasteiger partial charge in [0.25, 0.3) is 0 Å². The molecule has 0 saturated carbocycles. The van der Waals surface area contributed by atoms with Gasteiger partial charge in [-0.15, -0.1) is 0 Å². The molecule has 0 fully saturated rings. The van der Waals surface area contributed by atoms with Crippen LogP contribution >= 0.6 is 0 Å². The smallest absolute Gasteiger partial charge is 0.323 e. The lowest BCUT2D eigenvalue weighted by Crippen LogP contribution is -2.34. The third-order valence-electron chi connectivity index (χ3n) is 3.04. The molecular weight excluding hydrogens is 242 g/mol. The largest absolute Gasteiger partial charge is 0.465 e. The van der Waals surface area contributed by atoms with Crippen LogP contribution in [0.15, 0.2) is 24.3 Å². The predicted octanol–water partition coefficient (Wildman–Crippen LogP) is 1.49. The number of nitrogens with two attached hydrogens (primary N) is 1. The number of aryl methyl sites for hydroxylation is 1. The monoisotopic (exact) mass is 261 g/mol. The molecule has 2 aromatic rings. The van der Waals surface area contributed by atoms with E-state index in [1.54, 1.807) is 6.92 Å². The van der Waals surface area contributed by atoms with Gasteiger partial charge in [0.1, 0.15) is 6.04 Å². The molecule has 1 atom stereocenters. The Kier molecular flexibility index (Phi) is 4.16. The first-order valence-electron chi connectivity index (χ1n) is 6.54. The third-order valence-corrected chi connectivity index (χ3v) is 3.04. The molecule has 5 nitrogen and oxygen atoms in total. The Morgan fingerprint density at radius 1 is 1.42 bits per heavy atom. The highest BCUT2D eigenvalue weighted by Crippen LogP contribution is 2.19. The lowest BCUT2D eigenvalue weighted by Gasteiger charge is -2.08. The number of benzene rings is 1. The summed E-state index contributed by atoms with van der Waals surface area (Å²) in [6.45, 7) is 4.94. The molecule has 5 heteroatoms. The molecule has 0 aliphatic rings. The lowest BCUT2D eigenvalue weighted by molar-refractivity contribution is -0.144. The summed E-state index contributed by atoms with van der Waals surface area (Å²) in [7, 11) is 0. The number of aromatic nitrogens is 2. The predicted molar refractivity (Wildman–Crippen MR) is 73.7 cm³/mol. The highest BCUT2D eigenvalue weighted by atomic mass is 16.5. The molecule has 0 radical (unpaired) electrons. The molecule has 2 N–H and O–H groups in total. The zero-order valence-electron chi connectivity index (χ0n) is 11.3. The standard InChI is InChI=1S/C14H19N3O2/c1-3-17-13-8-6-5-7-10(13)12(16-17)9-11(15)14(18)19-4-2/h5-8,11H,3-4,9,15H2,1-2H3. The van der Waals surface area contributed by atoms with Crippen molar-refractivity contribution >= 4 is 16.9 Å². The number of hydrogen-bond donors (Lipinski definition) is 1. The van der Waals surface area contributed by atoms with Crippen molar-refractivity contribution in [1.82, 2.24) is 9.78 Å². The van der Waals surface area contributed by atoms with Gasteiger partial charge in [-0.25, -0.2) is 0 Å². The summed E-state index contributed by atoms with van der Waals surface area (Å²) in [6, 6.07) is 7.30. The quantitative estimate of drug-likeness (QED) is 0.828. The van der Waals surface area contributed by atoms with Crippen molar-refractivity contribution in [2.75, 3.05) is 6.61 Å². The molecular formula is C14H19N3O2. The van der Waals surface area contributed by atoms with Crippen molar-refractivity contribution in [3.8, 4) is 0 Å². The van der Waals surface area contributed by atoms with Crippen LogP contribution in [0.3, 0.4) is 0 Å². The van der Waals surface area contributed by atoms with E-state index in [0.717, 1.165) is 23.1 Å². The fraction of sp³-hybridized carbons (Fsp3) is 0.429. The topological polar surface area (TPSA) is 70.1 Å². The number of esters is 1. The van der Waals surface area contributed by atoms with Gasteiger partial charge in [0.2, 0.25) is 0 Å². The maximum Gasteiger partial charge on any atom is 0.323 e. The van der Waals surface area contributed by atoms with Gasteiger partial charge < -0.3 is 10.5 Å². The van der Waals surface area contributed by atoms with E-state index in [2.05, 4.69) is 5.10 Å². The van der Waals surface area contributed by atoms with Crippen LogP contribution in [-0.2, 0) is 22.5 Å². The molecule has 19 heavy (non-hydrogen) atoms. The molecule has 2 rings (SSSR count). The fourth-order valence-corrected chi connectivity index (χ4v) is 2.13. The highest BCUT2D eigenvalue weighted by molar-refractivity contribution is 5.83. The summed E-state index contributed by atoms with van der Waals surface area (Å²) in [6.07, 6.45) is 0.395. The average Bonchev–Trinajstić information content (AvgIpc) is 2.77. The number of rotatable bonds is 5. The Hall–Kier alpha value is -1.88. The summed E-state index contributed by atoms with van der Waals surface area (Å²) in [4.78, 5) is 11.6. The zero-order chi connectivity index (χ0) is 13.8. The molecule has 0 aliphatic heterocycles. The molecule has 1 heterocycles. The Morgan fingerprint density at radius 2 is 2.16 bits per heavy atom. The van der Waals surface area contributed by atoms with E-state index in [1.165, 1.54) is 0 Å². The second-order valence-electron chi connectivity index (χ2n) is 4.34. The van der Waals surface area contributed by atoms with E-state index < -0.39 is 6.04 Å². The van der Waals surface area contributed by atoms with Crippen molar-refractivity contribution in [2.24, 2.45) is 5.73 Å². The van der Waals surface area contributed by atoms with Crippen LogP contribution in [0.5, 0.6) is 0 Å². The van der Waals surface area contributed by atoms with Crippen LogP contribution in [0.1, 0.15) is 19.5 Å². The van der Waals surface area contributed by atoms with Crippen LogP contribution < -0.4 is 5.73 Å². The second kappa shape index (κ2) is 5.84. The van der Waals surface area contributed by atoms with Crippen molar-refractivity contribution in [2.45, 2.75) is 32.9 Å². The molecule has 102 valence electrons. The Labute approximate surface area is 112 Å². The summed E-state index contributed by atoms with van der Waals surface area (Å²) >= 11 is 0. The number of ether oxygens (including phenoxy) is 1. The van der Waals surface area contributed by atoms with Gasteiger partial charge in [-0.2, -0.15) is 5.10 Å². The van der Waals surface area contributed by atoms with Crippen molar-refractivity contribution < 1.29 is 9.53 Å². The van der Waals surface area contributed by atoms with Crippen molar-refractivity contribution in [1.29, 1.82) is 0 Å². The van der Waals surface area contributed by atoms with Crippen LogP contribution in [0, 0.1) is 0 Å². The fourth-order valence-electron chi connectivity index (χ4n) is 2.13. The van der Waals surface area contributed by atoms with Gasteiger partial charge in [-0.05, 0) is 19.9 Å². The molecule has 1 aromatic heterocycles. The minimum absolute atomic E-state index is 0.344. The van der Waals surface area contributed by atoms with Crippen LogP contribution in [0.2, 0.25) is 0 Å². The third kappa shape index (κ3) is 2.76. The van der Waals surface area contributed by atoms with Gasteiger partial charge in [0, 0.05) is 18.4 Å². The lowest BCUT2D eigenvalue weighted by atomic mass is 10.1. The molecule has 1 aromatic carbocycles. The average molecular weight is 261 g/mol. The maximum atomic E-state index is 11.6. The van der Waals surface area contributed by atoms with E-state index in [0.29, 0.717) is 13.0 Å². The van der Waals surface area contributed by atoms with Crippen molar-refractivity contribution in [3.63, 3.8) is 0 Å². The first-order valence-corrected chi connectivity index (χ1v) is 6.54. The minimum atomic E-state index is -0.663. The molecule has 1 unspecified atom stereocenters. The number of carbonyl (C=O) groups is 1. The Bertz CT molecular complexity index is 577. The van der Waals surface area contributed by atoms with E-state index in [-0.39, 0.29) is 5.97 Å². The van der Waals surface area contributed by atoms with E-state index >= 15 is 0 Å². The highest BCUT2D eigenvalue weighted by Gasteiger charge is 2.19. The SMILES string of the molecule is CCOC(=O)C(N)Cc1nn(CC)c2ccccc12. The van der Waals surface area contributed by atoms with E-state index in [9.17, 15) is 4.79 Å². The Balaban J connectivity index is 2.28. The molecule has 0 amide bonds. The van der Waals surface area contributed by atoms with Gasteiger partial charge in [-0.1, -0.05) is 18.2 Å². The molecule has 0 spiro atoms. The summed E-state index contributed by atoms with van der Waals surface area (Å²) in [5.74, 6) is -0.377. The number of nitrogens with zero attached hydrogens (tertiary/aromatic N) is 2. The molecule has 0 bridgehead atoms. The summed E-state index contributed by atoms with van der Waals surface area (Å²) in [5.41, 5.74) is 7.76. The van der Waals surface area contributed by atoms with Crippen LogP contribution in [0.25, 0.3) is 10.9 Å². The van der Waals surface area contributed by atoms with Gasteiger partial charge in [0.15, 0.2) is 0 Å². The first kappa shape index (κ1) is 13.5. The van der Waals surface area contributed by atoms with E-state index in [1.807, 2.05) is 35.9 Å². The van der Waals surface area contributed by atoms with Crippen LogP contribution in [0.4, 0.5) is 0 Å². The number of hydrogen-bond acceptors (Lipinski definition) is 4. The van der Waals surface area contributed by atoms with Gasteiger partial charge in [0.05, 0.1) is 17.8 Å². The minimum Gasteiger partial charge on any atom is -0.465 e. The second-order valence-corrected chi connectivity index (χ2v) is 4.34. The summed E-state index contributed by atoms with van der Waals surface area (Å²) < 4.78 is 6.84. The van der Waals surface area contributed by atoms with Crippen LogP contribution in [-0.4, -0.2) is 28.4 Å². The number of fused-ring (bicyclic) bond motifs is 1. The van der Waals surface area contributed by atoms with Crippen molar-refractivity contribution in [3.05, 3.63) is 30.0 Å². The Morgan fingerprint density at radius 3 is 2.84 bits per heavy atom. The normalized spacial score (nSPS) is 12.6. The van der Waals surface area contributed by atoms with Gasteiger partial charge >= 0.3 is 5.97 Å². The zero-order valence-corrected chi connectivity index (χ0v) is 11.3. The number of para-hydroxylation sites is 1. The molecule has 0 saturated heterocycles.